The number of hydrogen-bond acceptors (Lipinski definition) is 1. The van der Waals surface area contributed by atoms with E-state index in [9.17, 15) is 0 Å². The Labute approximate surface area is 51.8 Å². The summed E-state index contributed by atoms with van der Waals surface area (Å²) in [5.74, 6) is 0.630. The Morgan fingerprint density at radius 3 is 2.00 bits per heavy atom. The summed E-state index contributed by atoms with van der Waals surface area (Å²) in [6.45, 7) is 6.39. The SMILES string of the molecule is C/C=C(/NC)C(C)C. The lowest BCUT2D eigenvalue weighted by Crippen LogP contribution is -2.10. The second kappa shape index (κ2) is 3.53. The summed E-state index contributed by atoms with van der Waals surface area (Å²) in [5.41, 5.74) is 1.31. The molecule has 0 aromatic carbocycles. The van der Waals surface area contributed by atoms with Crippen LogP contribution in [0.1, 0.15) is 20.8 Å². The third-order valence-electron chi connectivity index (χ3n) is 1.22. The molecule has 0 aliphatic heterocycles. The zero-order valence-corrected chi connectivity index (χ0v) is 6.15. The van der Waals surface area contributed by atoms with Gasteiger partial charge in [0.2, 0.25) is 0 Å². The van der Waals surface area contributed by atoms with Gasteiger partial charge in [-0.25, -0.2) is 0 Å². The second-order valence-corrected chi connectivity index (χ2v) is 2.15. The first-order valence-electron chi connectivity index (χ1n) is 3.06. The summed E-state index contributed by atoms with van der Waals surface area (Å²) in [5, 5.41) is 3.11. The molecule has 1 heteroatoms. The second-order valence-electron chi connectivity index (χ2n) is 2.15. The molecule has 1 N–H and O–H groups in total. The van der Waals surface area contributed by atoms with Crippen molar-refractivity contribution in [1.82, 2.24) is 5.32 Å². The lowest BCUT2D eigenvalue weighted by Gasteiger charge is -2.08. The molecule has 0 aliphatic rings. The predicted octanol–water partition coefficient (Wildman–Crippen LogP) is 1.77. The van der Waals surface area contributed by atoms with Crippen molar-refractivity contribution in [3.63, 3.8) is 0 Å². The minimum absolute atomic E-state index is 0.630. The van der Waals surface area contributed by atoms with E-state index in [4.69, 9.17) is 0 Å². The lowest BCUT2D eigenvalue weighted by molar-refractivity contribution is 0.697. The first-order chi connectivity index (χ1) is 3.72. The van der Waals surface area contributed by atoms with Gasteiger partial charge in [0.15, 0.2) is 0 Å². The van der Waals surface area contributed by atoms with E-state index < -0.39 is 0 Å². The summed E-state index contributed by atoms with van der Waals surface area (Å²) in [4.78, 5) is 0. The Bertz CT molecular complexity index is 82.4. The summed E-state index contributed by atoms with van der Waals surface area (Å²) in [6, 6.07) is 0. The Morgan fingerprint density at radius 1 is 1.50 bits per heavy atom. The van der Waals surface area contributed by atoms with Crippen LogP contribution in [0.2, 0.25) is 0 Å². The van der Waals surface area contributed by atoms with Gasteiger partial charge in [0.25, 0.3) is 0 Å². The Hall–Kier alpha value is -0.460. The number of hydrogen-bond donors (Lipinski definition) is 1. The van der Waals surface area contributed by atoms with Crippen molar-refractivity contribution in [2.24, 2.45) is 5.92 Å². The van der Waals surface area contributed by atoms with Crippen LogP contribution >= 0.6 is 0 Å². The van der Waals surface area contributed by atoms with Crippen molar-refractivity contribution in [2.75, 3.05) is 7.05 Å². The van der Waals surface area contributed by atoms with Crippen molar-refractivity contribution in [3.8, 4) is 0 Å². The predicted molar refractivity (Wildman–Crippen MR) is 37.7 cm³/mol. The average molecular weight is 113 g/mol. The fourth-order valence-corrected chi connectivity index (χ4v) is 0.766. The van der Waals surface area contributed by atoms with Gasteiger partial charge in [0.05, 0.1) is 0 Å². The molecule has 0 saturated heterocycles. The van der Waals surface area contributed by atoms with Gasteiger partial charge in [-0.1, -0.05) is 19.9 Å². The van der Waals surface area contributed by atoms with Crippen LogP contribution in [0.3, 0.4) is 0 Å². The van der Waals surface area contributed by atoms with Crippen LogP contribution in [0.15, 0.2) is 11.8 Å². The highest BCUT2D eigenvalue weighted by atomic mass is 14.8. The maximum Gasteiger partial charge on any atom is 0.00866 e. The van der Waals surface area contributed by atoms with Gasteiger partial charge in [-0.3, -0.25) is 0 Å². The summed E-state index contributed by atoms with van der Waals surface area (Å²) >= 11 is 0. The number of allylic oxidation sites excluding steroid dienone is 2. The fraction of sp³-hybridized carbons (Fsp3) is 0.714. The van der Waals surface area contributed by atoms with Gasteiger partial charge in [-0.15, -0.1) is 0 Å². The molecule has 0 radical (unpaired) electrons. The van der Waals surface area contributed by atoms with Crippen LogP contribution in [-0.2, 0) is 0 Å². The molecular weight excluding hydrogens is 98.1 g/mol. The molecule has 0 rings (SSSR count). The summed E-state index contributed by atoms with van der Waals surface area (Å²) in [6.07, 6.45) is 2.10. The van der Waals surface area contributed by atoms with Crippen molar-refractivity contribution in [3.05, 3.63) is 11.8 Å². The molecule has 0 fully saturated rings. The molecule has 0 saturated carbocycles. The topological polar surface area (TPSA) is 12.0 Å². The lowest BCUT2D eigenvalue weighted by atomic mass is 10.1. The van der Waals surface area contributed by atoms with Crippen LogP contribution in [0.25, 0.3) is 0 Å². The molecular formula is C7H15N. The van der Waals surface area contributed by atoms with Crippen LogP contribution < -0.4 is 5.32 Å². The number of rotatable bonds is 2. The third-order valence-corrected chi connectivity index (χ3v) is 1.22. The molecule has 0 unspecified atom stereocenters. The first kappa shape index (κ1) is 7.54. The minimum Gasteiger partial charge on any atom is -0.391 e. The highest BCUT2D eigenvalue weighted by Gasteiger charge is 1.95. The zero-order valence-electron chi connectivity index (χ0n) is 6.15. The van der Waals surface area contributed by atoms with Crippen molar-refractivity contribution in [1.29, 1.82) is 0 Å². The maximum atomic E-state index is 3.11. The molecule has 1 nitrogen and oxygen atoms in total. The van der Waals surface area contributed by atoms with Crippen molar-refractivity contribution in [2.45, 2.75) is 20.8 Å². The van der Waals surface area contributed by atoms with Crippen LogP contribution in [-0.4, -0.2) is 7.05 Å². The third kappa shape index (κ3) is 2.01. The average Bonchev–Trinajstić information content (AvgIpc) is 1.69. The van der Waals surface area contributed by atoms with Crippen molar-refractivity contribution < 1.29 is 0 Å². The van der Waals surface area contributed by atoms with E-state index in [0.29, 0.717) is 5.92 Å². The van der Waals surface area contributed by atoms with Crippen molar-refractivity contribution >= 4 is 0 Å². The molecule has 0 amide bonds. The van der Waals surface area contributed by atoms with E-state index in [-0.39, 0.29) is 0 Å². The van der Waals surface area contributed by atoms with Gasteiger partial charge in [-0.2, -0.15) is 0 Å². The van der Waals surface area contributed by atoms with Gasteiger partial charge < -0.3 is 5.32 Å². The molecule has 0 heterocycles. The van der Waals surface area contributed by atoms with Gasteiger partial charge in [0.1, 0.15) is 0 Å². The van der Waals surface area contributed by atoms with Gasteiger partial charge in [0, 0.05) is 12.7 Å². The standard InChI is InChI=1S/C7H15N/c1-5-7(8-4)6(2)3/h5-6,8H,1-4H3/b7-5+. The maximum absolute atomic E-state index is 3.11. The Kier molecular flexibility index (Phi) is 3.33. The molecule has 0 atom stereocenters. The normalized spacial score (nSPS) is 12.4. The fourth-order valence-electron chi connectivity index (χ4n) is 0.766. The van der Waals surface area contributed by atoms with E-state index in [1.165, 1.54) is 5.70 Å². The highest BCUT2D eigenvalue weighted by molar-refractivity contribution is 4.98. The Morgan fingerprint density at radius 2 is 2.00 bits per heavy atom. The highest BCUT2D eigenvalue weighted by Crippen LogP contribution is 2.02. The quantitative estimate of drug-likeness (QED) is 0.575. The van der Waals surface area contributed by atoms with E-state index in [1.807, 2.05) is 14.0 Å². The minimum atomic E-state index is 0.630. The molecule has 0 aromatic rings. The largest absolute Gasteiger partial charge is 0.391 e. The molecule has 8 heavy (non-hydrogen) atoms. The molecule has 0 bridgehead atoms. The number of nitrogens with one attached hydrogen (secondary N) is 1. The van der Waals surface area contributed by atoms with Gasteiger partial charge >= 0.3 is 0 Å². The van der Waals surface area contributed by atoms with Crippen LogP contribution in [0.5, 0.6) is 0 Å². The monoisotopic (exact) mass is 113 g/mol. The molecule has 0 spiro atoms. The van der Waals surface area contributed by atoms with Crippen LogP contribution in [0, 0.1) is 5.92 Å². The smallest absolute Gasteiger partial charge is 0.00866 e. The zero-order chi connectivity index (χ0) is 6.57. The summed E-state index contributed by atoms with van der Waals surface area (Å²) < 4.78 is 0. The van der Waals surface area contributed by atoms with E-state index in [2.05, 4.69) is 25.2 Å². The van der Waals surface area contributed by atoms with E-state index in [1.54, 1.807) is 0 Å². The molecule has 0 aromatic heterocycles. The van der Waals surface area contributed by atoms with Crippen LogP contribution in [0.4, 0.5) is 0 Å². The van der Waals surface area contributed by atoms with Gasteiger partial charge in [-0.05, 0) is 12.8 Å². The molecule has 48 valence electrons. The van der Waals surface area contributed by atoms with E-state index >= 15 is 0 Å². The van der Waals surface area contributed by atoms with E-state index in [0.717, 1.165) is 0 Å². The summed E-state index contributed by atoms with van der Waals surface area (Å²) in [7, 11) is 1.95. The molecule has 0 aliphatic carbocycles. The Balaban J connectivity index is 3.72. The first-order valence-corrected chi connectivity index (χ1v) is 3.06.